The van der Waals surface area contributed by atoms with Crippen LogP contribution in [0.1, 0.15) is 43.0 Å². The summed E-state index contributed by atoms with van der Waals surface area (Å²) in [7, 11) is 0. The van der Waals surface area contributed by atoms with Gasteiger partial charge in [-0.05, 0) is 55.5 Å². The van der Waals surface area contributed by atoms with E-state index in [9.17, 15) is 4.79 Å². The molecular weight excluding hydrogens is 370 g/mol. The molecule has 2 unspecified atom stereocenters. The molecule has 3 aromatic carbocycles. The molecule has 0 aliphatic carbocycles. The lowest BCUT2D eigenvalue weighted by Crippen LogP contribution is -2.49. The van der Waals surface area contributed by atoms with Crippen molar-refractivity contribution >= 4 is 5.91 Å². The van der Waals surface area contributed by atoms with Crippen LogP contribution in [0.5, 0.6) is 5.75 Å². The number of ether oxygens (including phenoxy) is 1. The third-order valence-electron chi connectivity index (χ3n) is 5.97. The van der Waals surface area contributed by atoms with E-state index < -0.39 is 0 Å². The summed E-state index contributed by atoms with van der Waals surface area (Å²) < 4.78 is 5.93. The van der Waals surface area contributed by atoms with E-state index in [0.29, 0.717) is 6.61 Å². The van der Waals surface area contributed by atoms with Gasteiger partial charge in [-0.1, -0.05) is 66.7 Å². The van der Waals surface area contributed by atoms with Gasteiger partial charge in [0.1, 0.15) is 5.75 Å². The molecule has 0 spiro atoms. The molecule has 3 heteroatoms. The van der Waals surface area contributed by atoms with Crippen LogP contribution in [-0.4, -0.2) is 29.5 Å². The van der Waals surface area contributed by atoms with Gasteiger partial charge in [-0.25, -0.2) is 0 Å². The highest BCUT2D eigenvalue weighted by molar-refractivity contribution is 6.01. The minimum absolute atomic E-state index is 0.131. The number of benzene rings is 3. The Labute approximate surface area is 179 Å². The van der Waals surface area contributed by atoms with Crippen LogP contribution in [0.15, 0.2) is 84.9 Å². The van der Waals surface area contributed by atoms with Gasteiger partial charge in [0.2, 0.25) is 0 Å². The highest BCUT2D eigenvalue weighted by atomic mass is 16.5. The number of nitrogens with zero attached hydrogens (tertiary/aromatic N) is 1. The molecule has 4 rings (SSSR count). The summed E-state index contributed by atoms with van der Waals surface area (Å²) >= 11 is 0. The Bertz CT molecular complexity index is 955. The van der Waals surface area contributed by atoms with E-state index >= 15 is 0 Å². The number of para-hydroxylation sites is 1. The Morgan fingerprint density at radius 1 is 0.900 bits per heavy atom. The molecule has 0 bridgehead atoms. The summed E-state index contributed by atoms with van der Waals surface area (Å²) in [6, 6.07) is 28.5. The average Bonchev–Trinajstić information content (AvgIpc) is 2.80. The van der Waals surface area contributed by atoms with Gasteiger partial charge in [0, 0.05) is 24.1 Å². The molecule has 30 heavy (non-hydrogen) atoms. The molecular formula is C27H29NO2. The van der Waals surface area contributed by atoms with Gasteiger partial charge in [-0.2, -0.15) is 0 Å². The fourth-order valence-electron chi connectivity index (χ4n) is 4.44. The minimum Gasteiger partial charge on any atom is -0.494 e. The number of carbonyl (C=O) groups is 1. The number of hydrogen-bond acceptors (Lipinski definition) is 2. The normalized spacial score (nSPS) is 18.8. The number of carbonyl (C=O) groups excluding carboxylic acids is 1. The zero-order valence-electron chi connectivity index (χ0n) is 17.5. The largest absolute Gasteiger partial charge is 0.494 e. The summed E-state index contributed by atoms with van der Waals surface area (Å²) in [5.74, 6) is 1.01. The van der Waals surface area contributed by atoms with E-state index in [2.05, 4.69) is 24.0 Å². The molecule has 0 saturated carbocycles. The smallest absolute Gasteiger partial charge is 0.254 e. The van der Waals surface area contributed by atoms with Crippen LogP contribution in [0.3, 0.4) is 0 Å². The number of likely N-dealkylation sites (tertiary alicyclic amines) is 1. The Balaban J connectivity index is 1.54. The highest BCUT2D eigenvalue weighted by Crippen LogP contribution is 2.31. The second-order valence-electron chi connectivity index (χ2n) is 8.01. The first-order valence-electron chi connectivity index (χ1n) is 10.9. The molecule has 1 fully saturated rings. The fourth-order valence-corrected chi connectivity index (χ4v) is 4.44. The van der Waals surface area contributed by atoms with E-state index in [1.807, 2.05) is 72.8 Å². The maximum atomic E-state index is 13.7. The third kappa shape index (κ3) is 4.56. The van der Waals surface area contributed by atoms with Crippen LogP contribution >= 0.6 is 0 Å². The molecule has 1 amide bonds. The van der Waals surface area contributed by atoms with Crippen LogP contribution in [-0.2, 0) is 0 Å². The van der Waals surface area contributed by atoms with Gasteiger partial charge in [-0.3, -0.25) is 4.79 Å². The zero-order valence-corrected chi connectivity index (χ0v) is 17.5. The van der Waals surface area contributed by atoms with Crippen molar-refractivity contribution in [2.45, 2.75) is 44.7 Å². The molecule has 154 valence electrons. The average molecular weight is 400 g/mol. The first-order chi connectivity index (χ1) is 14.7. The van der Waals surface area contributed by atoms with Crippen molar-refractivity contribution in [2.75, 3.05) is 6.61 Å². The number of amides is 1. The van der Waals surface area contributed by atoms with Crippen molar-refractivity contribution in [3.05, 3.63) is 90.5 Å². The van der Waals surface area contributed by atoms with Gasteiger partial charge in [0.25, 0.3) is 5.91 Å². The topological polar surface area (TPSA) is 29.5 Å². The lowest BCUT2D eigenvalue weighted by molar-refractivity contribution is 0.0439. The van der Waals surface area contributed by atoms with Crippen molar-refractivity contribution in [1.82, 2.24) is 4.90 Å². The van der Waals surface area contributed by atoms with E-state index in [1.54, 1.807) is 0 Å². The summed E-state index contributed by atoms with van der Waals surface area (Å²) in [6.07, 6.45) is 4.08. The van der Waals surface area contributed by atoms with E-state index in [4.69, 9.17) is 4.74 Å². The number of piperidine rings is 1. The van der Waals surface area contributed by atoms with Gasteiger partial charge in [0.15, 0.2) is 0 Å². The Kier molecular flexibility index (Phi) is 6.48. The summed E-state index contributed by atoms with van der Waals surface area (Å²) in [4.78, 5) is 15.8. The standard InChI is InChI=1S/C27H29NO2/c1-21-11-10-14-23(19-20-30-24-15-6-3-7-16-24)28(21)27(29)26-18-9-8-17-25(26)22-12-4-2-5-13-22/h2-9,12-13,15-18,21,23H,10-11,14,19-20H2,1H3. The molecule has 1 saturated heterocycles. The highest BCUT2D eigenvalue weighted by Gasteiger charge is 2.33. The lowest BCUT2D eigenvalue weighted by Gasteiger charge is -2.41. The predicted octanol–water partition coefficient (Wildman–Crippen LogP) is 6.21. The van der Waals surface area contributed by atoms with Crippen molar-refractivity contribution in [3.63, 3.8) is 0 Å². The van der Waals surface area contributed by atoms with Crippen LogP contribution in [0, 0.1) is 0 Å². The number of hydrogen-bond donors (Lipinski definition) is 0. The van der Waals surface area contributed by atoms with Gasteiger partial charge in [0.05, 0.1) is 6.61 Å². The first kappa shape index (κ1) is 20.2. The third-order valence-corrected chi connectivity index (χ3v) is 5.97. The fraction of sp³-hybridized carbons (Fsp3) is 0.296. The SMILES string of the molecule is CC1CCCC(CCOc2ccccc2)N1C(=O)c1ccccc1-c1ccccc1. The molecule has 0 N–H and O–H groups in total. The van der Waals surface area contributed by atoms with E-state index in [1.165, 1.54) is 0 Å². The maximum absolute atomic E-state index is 13.7. The molecule has 1 heterocycles. The Morgan fingerprint density at radius 2 is 1.57 bits per heavy atom. The molecule has 3 nitrogen and oxygen atoms in total. The first-order valence-corrected chi connectivity index (χ1v) is 10.9. The Morgan fingerprint density at radius 3 is 2.33 bits per heavy atom. The van der Waals surface area contributed by atoms with Gasteiger partial charge in [-0.15, -0.1) is 0 Å². The molecule has 0 radical (unpaired) electrons. The second-order valence-corrected chi connectivity index (χ2v) is 8.01. The van der Waals surface area contributed by atoms with Gasteiger partial charge < -0.3 is 9.64 Å². The van der Waals surface area contributed by atoms with Crippen LogP contribution in [0.2, 0.25) is 0 Å². The van der Waals surface area contributed by atoms with Crippen LogP contribution in [0.25, 0.3) is 11.1 Å². The number of rotatable bonds is 6. The summed E-state index contributed by atoms with van der Waals surface area (Å²) in [5.41, 5.74) is 2.86. The summed E-state index contributed by atoms with van der Waals surface area (Å²) in [6.45, 7) is 2.79. The zero-order chi connectivity index (χ0) is 20.8. The van der Waals surface area contributed by atoms with Crippen molar-refractivity contribution in [2.24, 2.45) is 0 Å². The predicted molar refractivity (Wildman–Crippen MR) is 122 cm³/mol. The molecule has 0 aromatic heterocycles. The second kappa shape index (κ2) is 9.62. The molecule has 2 atom stereocenters. The van der Waals surface area contributed by atoms with Gasteiger partial charge >= 0.3 is 0 Å². The molecule has 1 aliphatic heterocycles. The molecule has 3 aromatic rings. The maximum Gasteiger partial charge on any atom is 0.254 e. The van der Waals surface area contributed by atoms with Crippen molar-refractivity contribution in [3.8, 4) is 16.9 Å². The van der Waals surface area contributed by atoms with Crippen molar-refractivity contribution < 1.29 is 9.53 Å². The monoisotopic (exact) mass is 399 g/mol. The quantitative estimate of drug-likeness (QED) is 0.493. The lowest BCUT2D eigenvalue weighted by atomic mass is 9.92. The van der Waals surface area contributed by atoms with E-state index in [-0.39, 0.29) is 18.0 Å². The minimum atomic E-state index is 0.131. The van der Waals surface area contributed by atoms with Crippen molar-refractivity contribution in [1.29, 1.82) is 0 Å². The van der Waals surface area contributed by atoms with Crippen LogP contribution in [0.4, 0.5) is 0 Å². The Hall–Kier alpha value is -3.07. The van der Waals surface area contributed by atoms with E-state index in [0.717, 1.165) is 48.1 Å². The molecule has 1 aliphatic rings. The summed E-state index contributed by atoms with van der Waals surface area (Å²) in [5, 5.41) is 0. The van der Waals surface area contributed by atoms with Crippen LogP contribution < -0.4 is 4.74 Å².